The molecule has 0 radical (unpaired) electrons. The van der Waals surface area contributed by atoms with Crippen LogP contribution in [-0.4, -0.2) is 31.2 Å². The first-order chi connectivity index (χ1) is 10.6. The predicted octanol–water partition coefficient (Wildman–Crippen LogP) is 3.04. The molecule has 7 heteroatoms. The SMILES string of the molecule is CCOc1ccc(-n2c(-c3cn(C)nc3C)n[nH]c2=S)cc1. The van der Waals surface area contributed by atoms with Crippen LogP contribution in [0.2, 0.25) is 0 Å². The Bertz CT molecular complexity index is 844. The second kappa shape index (κ2) is 5.76. The number of H-pyrrole nitrogens is 1. The third kappa shape index (κ3) is 2.55. The van der Waals surface area contributed by atoms with Gasteiger partial charge in [-0.2, -0.15) is 10.2 Å². The Morgan fingerprint density at radius 1 is 1.27 bits per heavy atom. The zero-order chi connectivity index (χ0) is 15.7. The highest BCUT2D eigenvalue weighted by Gasteiger charge is 2.15. The van der Waals surface area contributed by atoms with Crippen LogP contribution in [0, 0.1) is 11.7 Å². The van der Waals surface area contributed by atoms with Crippen LogP contribution < -0.4 is 4.74 Å². The standard InChI is InChI=1S/C15H17N5OS/c1-4-21-12-7-5-11(6-8-12)20-14(16-17-15(20)22)13-9-19(3)18-10(13)2/h5-9H,4H2,1-3H3,(H,17,22). The lowest BCUT2D eigenvalue weighted by atomic mass is 10.2. The number of aryl methyl sites for hydroxylation is 2. The molecule has 0 saturated heterocycles. The molecule has 1 aromatic carbocycles. The van der Waals surface area contributed by atoms with Crippen LogP contribution in [0.25, 0.3) is 17.1 Å². The lowest BCUT2D eigenvalue weighted by Gasteiger charge is -2.08. The first-order valence-corrected chi connectivity index (χ1v) is 7.42. The van der Waals surface area contributed by atoms with Crippen molar-refractivity contribution in [2.75, 3.05) is 6.61 Å². The van der Waals surface area contributed by atoms with Gasteiger partial charge < -0.3 is 4.74 Å². The molecule has 0 atom stereocenters. The van der Waals surface area contributed by atoms with E-state index in [0.717, 1.165) is 28.5 Å². The second-order valence-electron chi connectivity index (χ2n) is 4.92. The van der Waals surface area contributed by atoms with Gasteiger partial charge in [-0.15, -0.1) is 0 Å². The van der Waals surface area contributed by atoms with Crippen LogP contribution in [0.4, 0.5) is 0 Å². The zero-order valence-electron chi connectivity index (χ0n) is 12.7. The molecule has 0 spiro atoms. The van der Waals surface area contributed by atoms with E-state index in [9.17, 15) is 0 Å². The van der Waals surface area contributed by atoms with Crippen molar-refractivity contribution >= 4 is 12.2 Å². The summed E-state index contributed by atoms with van der Waals surface area (Å²) in [6.07, 6.45) is 1.94. The van der Waals surface area contributed by atoms with E-state index in [4.69, 9.17) is 17.0 Å². The summed E-state index contributed by atoms with van der Waals surface area (Å²) in [5, 5.41) is 11.6. The summed E-state index contributed by atoms with van der Waals surface area (Å²) in [5.41, 5.74) is 2.79. The average molecular weight is 315 g/mol. The Kier molecular flexibility index (Phi) is 3.81. The summed E-state index contributed by atoms with van der Waals surface area (Å²) in [6, 6.07) is 7.78. The van der Waals surface area contributed by atoms with Crippen molar-refractivity contribution in [3.8, 4) is 22.8 Å². The molecule has 0 aliphatic carbocycles. The molecule has 6 nitrogen and oxygen atoms in total. The minimum absolute atomic E-state index is 0.544. The number of aromatic nitrogens is 5. The van der Waals surface area contributed by atoms with Crippen molar-refractivity contribution in [1.82, 2.24) is 24.5 Å². The minimum atomic E-state index is 0.544. The van der Waals surface area contributed by atoms with Gasteiger partial charge in [0.15, 0.2) is 10.6 Å². The molecular formula is C15H17N5OS. The van der Waals surface area contributed by atoms with E-state index < -0.39 is 0 Å². The van der Waals surface area contributed by atoms with E-state index in [1.54, 1.807) is 4.68 Å². The Hall–Kier alpha value is -2.41. The summed E-state index contributed by atoms with van der Waals surface area (Å²) in [5.74, 6) is 1.58. The molecule has 0 saturated carbocycles. The fraction of sp³-hybridized carbons (Fsp3) is 0.267. The van der Waals surface area contributed by atoms with Crippen LogP contribution in [0.3, 0.4) is 0 Å². The van der Waals surface area contributed by atoms with Gasteiger partial charge in [0.25, 0.3) is 0 Å². The first kappa shape index (κ1) is 14.5. The van der Waals surface area contributed by atoms with Gasteiger partial charge in [0.05, 0.1) is 23.6 Å². The molecular weight excluding hydrogens is 298 g/mol. The molecule has 0 bridgehead atoms. The van der Waals surface area contributed by atoms with Gasteiger partial charge in [0.1, 0.15) is 5.75 Å². The van der Waals surface area contributed by atoms with Gasteiger partial charge in [0, 0.05) is 13.2 Å². The van der Waals surface area contributed by atoms with Crippen LogP contribution in [0.15, 0.2) is 30.5 Å². The summed E-state index contributed by atoms with van der Waals surface area (Å²) >= 11 is 5.38. The number of nitrogens with zero attached hydrogens (tertiary/aromatic N) is 4. The molecule has 2 heterocycles. The van der Waals surface area contributed by atoms with Crippen LogP contribution in [0.1, 0.15) is 12.6 Å². The van der Waals surface area contributed by atoms with E-state index in [0.29, 0.717) is 11.4 Å². The molecule has 114 valence electrons. The van der Waals surface area contributed by atoms with Crippen molar-refractivity contribution in [3.05, 3.63) is 40.9 Å². The fourth-order valence-electron chi connectivity index (χ4n) is 2.39. The Morgan fingerprint density at radius 2 is 2.00 bits per heavy atom. The number of hydrogen-bond acceptors (Lipinski definition) is 4. The molecule has 0 fully saturated rings. The summed E-state index contributed by atoms with van der Waals surface area (Å²) < 4.78 is 9.68. The lowest BCUT2D eigenvalue weighted by Crippen LogP contribution is -1.98. The topological polar surface area (TPSA) is 60.7 Å². The molecule has 0 unspecified atom stereocenters. The fourth-order valence-corrected chi connectivity index (χ4v) is 2.63. The van der Waals surface area contributed by atoms with Gasteiger partial charge in [-0.1, -0.05) is 0 Å². The van der Waals surface area contributed by atoms with Crippen molar-refractivity contribution < 1.29 is 4.74 Å². The molecule has 0 aliphatic heterocycles. The lowest BCUT2D eigenvalue weighted by molar-refractivity contribution is 0.340. The average Bonchev–Trinajstić information content (AvgIpc) is 3.02. The van der Waals surface area contributed by atoms with E-state index in [2.05, 4.69) is 15.3 Å². The van der Waals surface area contributed by atoms with Gasteiger partial charge in [0.2, 0.25) is 0 Å². The highest BCUT2D eigenvalue weighted by atomic mass is 32.1. The van der Waals surface area contributed by atoms with Crippen LogP contribution in [-0.2, 0) is 7.05 Å². The second-order valence-corrected chi connectivity index (χ2v) is 5.30. The van der Waals surface area contributed by atoms with E-state index in [1.165, 1.54) is 0 Å². The zero-order valence-corrected chi connectivity index (χ0v) is 13.5. The van der Waals surface area contributed by atoms with Gasteiger partial charge in [-0.3, -0.25) is 14.3 Å². The largest absolute Gasteiger partial charge is 0.494 e. The summed E-state index contributed by atoms with van der Waals surface area (Å²) in [4.78, 5) is 0. The van der Waals surface area contributed by atoms with Gasteiger partial charge in [-0.05, 0) is 50.3 Å². The first-order valence-electron chi connectivity index (χ1n) is 7.01. The summed E-state index contributed by atoms with van der Waals surface area (Å²) in [6.45, 7) is 4.56. The Labute approximate surface area is 133 Å². The van der Waals surface area contributed by atoms with E-state index in [-0.39, 0.29) is 0 Å². The van der Waals surface area contributed by atoms with Crippen LogP contribution in [0.5, 0.6) is 5.75 Å². The number of nitrogens with one attached hydrogen (secondary N) is 1. The molecule has 3 rings (SSSR count). The third-order valence-electron chi connectivity index (χ3n) is 3.33. The molecule has 1 N–H and O–H groups in total. The molecule has 0 amide bonds. The highest BCUT2D eigenvalue weighted by molar-refractivity contribution is 7.71. The maximum atomic E-state index is 5.47. The number of benzene rings is 1. The number of aromatic amines is 1. The maximum Gasteiger partial charge on any atom is 0.200 e. The normalized spacial score (nSPS) is 10.9. The Morgan fingerprint density at radius 3 is 2.59 bits per heavy atom. The van der Waals surface area contributed by atoms with Crippen molar-refractivity contribution in [2.45, 2.75) is 13.8 Å². The highest BCUT2D eigenvalue weighted by Crippen LogP contribution is 2.24. The number of hydrogen-bond donors (Lipinski definition) is 1. The Balaban J connectivity index is 2.10. The third-order valence-corrected chi connectivity index (χ3v) is 3.61. The van der Waals surface area contributed by atoms with Crippen molar-refractivity contribution in [3.63, 3.8) is 0 Å². The van der Waals surface area contributed by atoms with Crippen molar-refractivity contribution in [2.24, 2.45) is 7.05 Å². The molecule has 2 aromatic heterocycles. The van der Waals surface area contributed by atoms with Gasteiger partial charge in [-0.25, -0.2) is 0 Å². The summed E-state index contributed by atoms with van der Waals surface area (Å²) in [7, 11) is 1.89. The number of ether oxygens (including phenoxy) is 1. The molecule has 22 heavy (non-hydrogen) atoms. The maximum absolute atomic E-state index is 5.47. The van der Waals surface area contributed by atoms with Crippen molar-refractivity contribution in [1.29, 1.82) is 0 Å². The van der Waals surface area contributed by atoms with Gasteiger partial charge >= 0.3 is 0 Å². The van der Waals surface area contributed by atoms with Crippen LogP contribution >= 0.6 is 12.2 Å². The minimum Gasteiger partial charge on any atom is -0.494 e. The molecule has 0 aliphatic rings. The number of rotatable bonds is 4. The smallest absolute Gasteiger partial charge is 0.200 e. The quantitative estimate of drug-likeness (QED) is 0.752. The predicted molar refractivity (Wildman–Crippen MR) is 86.9 cm³/mol. The monoisotopic (exact) mass is 315 g/mol. The molecule has 3 aromatic rings. The van der Waals surface area contributed by atoms with E-state index in [1.807, 2.05) is 55.9 Å². The van der Waals surface area contributed by atoms with E-state index >= 15 is 0 Å².